The number of likely N-dealkylation sites (tertiary alicyclic amines) is 2. The number of rotatable bonds is 11. The van der Waals surface area contributed by atoms with E-state index >= 15 is 0 Å². The Balaban J connectivity index is 1.23. The summed E-state index contributed by atoms with van der Waals surface area (Å²) in [4.78, 5) is 29.1. The number of aliphatic hydroxyl groups excluding tert-OH is 2. The lowest BCUT2D eigenvalue weighted by Crippen LogP contribution is -2.47. The van der Waals surface area contributed by atoms with Crippen molar-refractivity contribution < 1.29 is 41.4 Å². The smallest absolute Gasteiger partial charge is 0.392 e. The predicted octanol–water partition coefficient (Wildman–Crippen LogP) is 2.76. The van der Waals surface area contributed by atoms with Crippen LogP contribution < -0.4 is 5.32 Å². The highest BCUT2D eigenvalue weighted by Crippen LogP contribution is 2.37. The van der Waals surface area contributed by atoms with Crippen molar-refractivity contribution in [2.75, 3.05) is 39.0 Å². The van der Waals surface area contributed by atoms with Gasteiger partial charge in [-0.1, -0.05) is 18.2 Å². The quantitative estimate of drug-likeness (QED) is 0.273. The van der Waals surface area contributed by atoms with Crippen LogP contribution >= 0.6 is 0 Å². The normalized spacial score (nSPS) is 18.6. The van der Waals surface area contributed by atoms with Crippen LogP contribution in [-0.4, -0.2) is 105 Å². The number of fused-ring (bicyclic) bond motifs is 1. The van der Waals surface area contributed by atoms with Gasteiger partial charge in [-0.25, -0.2) is 8.42 Å². The van der Waals surface area contributed by atoms with E-state index in [1.807, 2.05) is 4.90 Å². The second kappa shape index (κ2) is 15.0. The number of halogens is 3. The molecule has 0 spiro atoms. The number of nitrogens with zero attached hydrogens (tertiary/aromatic N) is 5. The Labute approximate surface area is 294 Å². The number of carbonyl (C=O) groups is 2. The minimum atomic E-state index is -4.71. The summed E-state index contributed by atoms with van der Waals surface area (Å²) in [6.07, 6.45) is -0.993. The molecule has 2 amide bonds. The lowest BCUT2D eigenvalue weighted by atomic mass is 9.97. The Bertz CT molecular complexity index is 1860. The summed E-state index contributed by atoms with van der Waals surface area (Å²) >= 11 is 0. The molecule has 1 aromatic heterocycles. The van der Waals surface area contributed by atoms with Crippen molar-refractivity contribution >= 4 is 21.8 Å². The summed E-state index contributed by atoms with van der Waals surface area (Å²) in [6, 6.07) is 9.80. The molecule has 4 heterocycles. The van der Waals surface area contributed by atoms with Crippen molar-refractivity contribution in [2.24, 2.45) is 0 Å². The summed E-state index contributed by atoms with van der Waals surface area (Å²) in [5.74, 6) is -0.386. The summed E-state index contributed by atoms with van der Waals surface area (Å²) in [5, 5.41) is 27.8. The predicted molar refractivity (Wildman–Crippen MR) is 182 cm³/mol. The third-order valence-electron chi connectivity index (χ3n) is 10.1. The van der Waals surface area contributed by atoms with E-state index in [0.717, 1.165) is 51.2 Å². The van der Waals surface area contributed by atoms with E-state index in [1.54, 1.807) is 16.8 Å². The van der Waals surface area contributed by atoms with Crippen LogP contribution in [-0.2, 0) is 53.7 Å². The fourth-order valence-corrected chi connectivity index (χ4v) is 8.15. The lowest BCUT2D eigenvalue weighted by Gasteiger charge is -2.37. The molecule has 3 aliphatic rings. The average Bonchev–Trinajstić information content (AvgIpc) is 3.69. The molecule has 3 N–H and O–H groups in total. The highest BCUT2D eigenvalue weighted by Gasteiger charge is 2.36. The molecule has 2 aromatic carbocycles. The molecule has 0 aliphatic carbocycles. The molecule has 12 nitrogen and oxygen atoms in total. The summed E-state index contributed by atoms with van der Waals surface area (Å²) in [6.45, 7) is 2.24. The van der Waals surface area contributed by atoms with Crippen molar-refractivity contribution in [3.8, 4) is 11.3 Å². The van der Waals surface area contributed by atoms with E-state index in [4.69, 9.17) is 5.10 Å². The summed E-state index contributed by atoms with van der Waals surface area (Å²) in [5.41, 5.74) is 1.56. The number of aromatic nitrogens is 2. The van der Waals surface area contributed by atoms with Gasteiger partial charge in [-0.05, 0) is 54.7 Å². The van der Waals surface area contributed by atoms with Gasteiger partial charge in [-0.3, -0.25) is 14.3 Å². The molecule has 16 heteroatoms. The largest absolute Gasteiger partial charge is 0.416 e. The van der Waals surface area contributed by atoms with Crippen molar-refractivity contribution in [3.63, 3.8) is 0 Å². The summed E-state index contributed by atoms with van der Waals surface area (Å²) < 4.78 is 70.5. The second-order valence-corrected chi connectivity index (χ2v) is 15.6. The molecule has 6 rings (SSSR count). The molecule has 0 radical (unpaired) electrons. The maximum absolute atomic E-state index is 14.1. The number of piperidine rings is 1. The van der Waals surface area contributed by atoms with Crippen molar-refractivity contribution in [3.05, 3.63) is 76.0 Å². The number of carbonyl (C=O) groups excluding carboxylic acids is 2. The van der Waals surface area contributed by atoms with Crippen LogP contribution in [0.2, 0.25) is 0 Å². The number of β-amino-alcohol motifs (C(OH)–C–C–N with tert-alkyl or cyclic N) is 1. The first-order valence-corrected chi connectivity index (χ1v) is 19.0. The number of aliphatic hydroxyl groups is 2. The fourth-order valence-electron chi connectivity index (χ4n) is 7.36. The standard InChI is InChI=1S/C35H43F3N6O6S/c1-51(49,50)42-16-12-31-29(21-42)33(40-44(31)20-28(46)19-41-14-10-27(11-15-41)43-13-2-3-32(43)47)25-8-9-30(35(36,37)38)26(17-25)18-39-34(48)24-6-4-23(22-45)5-7-24/h4-9,17,27-28,45-46H,2-3,10-16,18-22H2,1H3,(H,39,48). The molecule has 3 aliphatic heterocycles. The van der Waals surface area contributed by atoms with Crippen LogP contribution in [0.15, 0.2) is 42.5 Å². The van der Waals surface area contributed by atoms with Crippen LogP contribution in [0.3, 0.4) is 0 Å². The Hall–Kier alpha value is -3.83. The monoisotopic (exact) mass is 732 g/mol. The number of hydrogen-bond donors (Lipinski definition) is 3. The molecule has 2 fully saturated rings. The van der Waals surface area contributed by atoms with Gasteiger partial charge in [0.1, 0.15) is 0 Å². The molecule has 3 aromatic rings. The van der Waals surface area contributed by atoms with Gasteiger partial charge in [0.25, 0.3) is 5.91 Å². The van der Waals surface area contributed by atoms with Crippen molar-refractivity contribution in [2.45, 2.75) is 76.7 Å². The van der Waals surface area contributed by atoms with Gasteiger partial charge in [0, 0.05) is 87.1 Å². The molecule has 2 saturated heterocycles. The topological polar surface area (TPSA) is 148 Å². The first kappa shape index (κ1) is 36.9. The van der Waals surface area contributed by atoms with Crippen molar-refractivity contribution in [1.29, 1.82) is 0 Å². The van der Waals surface area contributed by atoms with Gasteiger partial charge < -0.3 is 25.3 Å². The van der Waals surface area contributed by atoms with Crippen LogP contribution in [0.5, 0.6) is 0 Å². The third kappa shape index (κ3) is 8.46. The van der Waals surface area contributed by atoms with Crippen LogP contribution in [0.4, 0.5) is 13.2 Å². The van der Waals surface area contributed by atoms with Gasteiger partial charge in [0.05, 0.1) is 36.8 Å². The van der Waals surface area contributed by atoms with Crippen LogP contribution in [0, 0.1) is 0 Å². The van der Waals surface area contributed by atoms with E-state index in [2.05, 4.69) is 10.2 Å². The molecule has 1 atom stereocenters. The number of nitrogens with one attached hydrogen (secondary N) is 1. The lowest BCUT2D eigenvalue weighted by molar-refractivity contribution is -0.138. The van der Waals surface area contributed by atoms with E-state index in [9.17, 15) is 41.4 Å². The van der Waals surface area contributed by atoms with Gasteiger partial charge in [0.2, 0.25) is 15.9 Å². The molecular weight excluding hydrogens is 689 g/mol. The zero-order chi connectivity index (χ0) is 36.5. The molecule has 1 unspecified atom stereocenters. The first-order valence-electron chi connectivity index (χ1n) is 17.1. The molecule has 51 heavy (non-hydrogen) atoms. The maximum atomic E-state index is 14.1. The average molecular weight is 733 g/mol. The van der Waals surface area contributed by atoms with E-state index in [0.29, 0.717) is 47.5 Å². The Kier molecular flexibility index (Phi) is 10.9. The minimum absolute atomic E-state index is 0.0285. The summed E-state index contributed by atoms with van der Waals surface area (Å²) in [7, 11) is -3.59. The number of sulfonamides is 1. The third-order valence-corrected chi connectivity index (χ3v) is 11.3. The van der Waals surface area contributed by atoms with Gasteiger partial charge in [0.15, 0.2) is 0 Å². The van der Waals surface area contributed by atoms with E-state index < -0.39 is 40.3 Å². The number of alkyl halides is 3. The van der Waals surface area contributed by atoms with E-state index in [-0.39, 0.29) is 49.3 Å². The Morgan fingerprint density at radius 3 is 2.39 bits per heavy atom. The SMILES string of the molecule is CS(=O)(=O)N1CCc2c(c(-c3ccc(C(F)(F)F)c(CNC(=O)c4ccc(CO)cc4)c3)nn2CC(O)CN2CCC(N3CCCC3=O)CC2)C1. The molecule has 0 saturated carbocycles. The zero-order valence-electron chi connectivity index (χ0n) is 28.4. The Morgan fingerprint density at radius 2 is 1.76 bits per heavy atom. The Morgan fingerprint density at radius 1 is 1.04 bits per heavy atom. The number of hydrogen-bond acceptors (Lipinski definition) is 8. The minimum Gasteiger partial charge on any atom is -0.392 e. The highest BCUT2D eigenvalue weighted by atomic mass is 32.2. The van der Waals surface area contributed by atoms with Crippen molar-refractivity contribution in [1.82, 2.24) is 29.2 Å². The van der Waals surface area contributed by atoms with Gasteiger partial charge in [-0.2, -0.15) is 22.6 Å². The van der Waals surface area contributed by atoms with Crippen LogP contribution in [0.1, 0.15) is 64.0 Å². The number of amides is 2. The molecule has 0 bridgehead atoms. The first-order chi connectivity index (χ1) is 24.2. The second-order valence-electron chi connectivity index (χ2n) is 13.6. The van der Waals surface area contributed by atoms with Gasteiger partial charge >= 0.3 is 6.18 Å². The number of benzene rings is 2. The van der Waals surface area contributed by atoms with Gasteiger partial charge in [-0.15, -0.1) is 0 Å². The molecular formula is C35H43F3N6O6S. The highest BCUT2D eigenvalue weighted by molar-refractivity contribution is 7.88. The fraction of sp³-hybridized carbons (Fsp3) is 0.514. The van der Waals surface area contributed by atoms with E-state index in [1.165, 1.54) is 28.6 Å². The zero-order valence-corrected chi connectivity index (χ0v) is 29.2. The maximum Gasteiger partial charge on any atom is 0.416 e. The van der Waals surface area contributed by atoms with Crippen LogP contribution in [0.25, 0.3) is 11.3 Å². The molecule has 276 valence electrons.